The highest BCUT2D eigenvalue weighted by Crippen LogP contribution is 2.26. The number of benzene rings is 3. The highest BCUT2D eigenvalue weighted by Gasteiger charge is 2.30. The van der Waals surface area contributed by atoms with E-state index in [-0.39, 0.29) is 18.2 Å². The smallest absolute Gasteiger partial charge is 0.242 e. The largest absolute Gasteiger partial charge is 0.357 e. The molecule has 0 radical (unpaired) electrons. The fourth-order valence-corrected chi connectivity index (χ4v) is 4.18. The molecule has 1 atom stereocenters. The molecule has 0 bridgehead atoms. The van der Waals surface area contributed by atoms with E-state index in [1.165, 1.54) is 0 Å². The van der Waals surface area contributed by atoms with Crippen LogP contribution in [0.1, 0.15) is 22.3 Å². The van der Waals surface area contributed by atoms with Crippen LogP contribution in [0, 0.1) is 6.92 Å². The Balaban J connectivity index is 1.99. The average Bonchev–Trinajstić information content (AvgIpc) is 2.80. The van der Waals surface area contributed by atoms with E-state index in [0.29, 0.717) is 28.6 Å². The number of hydrogen-bond donors (Lipinski definition) is 1. The van der Waals surface area contributed by atoms with Crippen molar-refractivity contribution in [2.75, 3.05) is 7.05 Å². The zero-order chi connectivity index (χ0) is 23.1. The molecule has 32 heavy (non-hydrogen) atoms. The van der Waals surface area contributed by atoms with Gasteiger partial charge >= 0.3 is 0 Å². The van der Waals surface area contributed by atoms with Crippen LogP contribution in [-0.4, -0.2) is 29.8 Å². The zero-order valence-electron chi connectivity index (χ0n) is 18.1. The molecule has 0 aromatic heterocycles. The Labute approximate surface area is 199 Å². The van der Waals surface area contributed by atoms with Crippen molar-refractivity contribution < 1.29 is 9.59 Å². The molecule has 3 aromatic carbocycles. The summed E-state index contributed by atoms with van der Waals surface area (Å²) in [6.07, 6.45) is 0.404. The monoisotopic (exact) mass is 468 g/mol. The van der Waals surface area contributed by atoms with Gasteiger partial charge in [-0.25, -0.2) is 0 Å². The lowest BCUT2D eigenvalue weighted by Gasteiger charge is -2.32. The molecule has 0 heterocycles. The highest BCUT2D eigenvalue weighted by atomic mass is 35.5. The second-order valence-electron chi connectivity index (χ2n) is 7.64. The fourth-order valence-electron chi connectivity index (χ4n) is 3.65. The third-order valence-corrected chi connectivity index (χ3v) is 6.22. The van der Waals surface area contributed by atoms with Crippen LogP contribution in [-0.2, 0) is 29.0 Å². The third kappa shape index (κ3) is 5.90. The number of aryl methyl sites for hydroxylation is 1. The third-order valence-electron chi connectivity index (χ3n) is 5.51. The number of carbonyl (C=O) groups is 2. The van der Waals surface area contributed by atoms with Gasteiger partial charge in [0.25, 0.3) is 0 Å². The van der Waals surface area contributed by atoms with Crippen molar-refractivity contribution in [3.8, 4) is 0 Å². The van der Waals surface area contributed by atoms with Crippen molar-refractivity contribution >= 4 is 35.0 Å². The first-order valence-electron chi connectivity index (χ1n) is 10.4. The molecular weight excluding hydrogens is 443 g/mol. The van der Waals surface area contributed by atoms with Gasteiger partial charge in [-0.1, -0.05) is 83.9 Å². The molecule has 0 fully saturated rings. The predicted octanol–water partition coefficient (Wildman–Crippen LogP) is 5.23. The van der Waals surface area contributed by atoms with Crippen LogP contribution in [0.2, 0.25) is 10.0 Å². The molecule has 3 rings (SSSR count). The molecule has 6 heteroatoms. The van der Waals surface area contributed by atoms with E-state index in [2.05, 4.69) is 5.32 Å². The number of nitrogens with one attached hydrogen (secondary N) is 1. The molecule has 0 saturated carbocycles. The number of nitrogens with zero attached hydrogens (tertiary/aromatic N) is 1. The summed E-state index contributed by atoms with van der Waals surface area (Å²) in [6, 6.07) is 22.0. The van der Waals surface area contributed by atoms with Crippen molar-refractivity contribution in [1.82, 2.24) is 10.2 Å². The van der Waals surface area contributed by atoms with Gasteiger partial charge in [-0.05, 0) is 41.3 Å². The number of halogens is 2. The van der Waals surface area contributed by atoms with Crippen molar-refractivity contribution in [3.63, 3.8) is 0 Å². The predicted molar refractivity (Wildman–Crippen MR) is 130 cm³/mol. The molecule has 0 spiro atoms. The van der Waals surface area contributed by atoms with Gasteiger partial charge in [0.1, 0.15) is 6.04 Å². The van der Waals surface area contributed by atoms with E-state index in [4.69, 9.17) is 23.2 Å². The maximum Gasteiger partial charge on any atom is 0.242 e. The van der Waals surface area contributed by atoms with Crippen LogP contribution in [0.25, 0.3) is 0 Å². The highest BCUT2D eigenvalue weighted by molar-refractivity contribution is 6.36. The molecule has 166 valence electrons. The molecule has 2 amide bonds. The van der Waals surface area contributed by atoms with Gasteiger partial charge in [0.05, 0.1) is 6.42 Å². The zero-order valence-corrected chi connectivity index (χ0v) is 19.7. The number of carbonyl (C=O) groups excluding carboxylic acids is 2. The Kier molecular flexibility index (Phi) is 8.32. The minimum Gasteiger partial charge on any atom is -0.357 e. The summed E-state index contributed by atoms with van der Waals surface area (Å²) in [5, 5.41) is 3.59. The lowest BCUT2D eigenvalue weighted by atomic mass is 10.0. The van der Waals surface area contributed by atoms with Crippen LogP contribution in [0.4, 0.5) is 0 Å². The van der Waals surface area contributed by atoms with Gasteiger partial charge < -0.3 is 10.2 Å². The molecule has 0 unspecified atom stereocenters. The average molecular weight is 469 g/mol. The SMILES string of the molecule is CNC(=O)[C@@H](Cc1ccccc1)N(Cc1ccccc1C)C(=O)Cc1c(Cl)cccc1Cl. The van der Waals surface area contributed by atoms with Crippen molar-refractivity contribution in [3.05, 3.63) is 105 Å². The standard InChI is InChI=1S/C26H26Cl2N2O2/c1-18-9-6-7-12-20(18)17-30(25(31)16-21-22(27)13-8-14-23(21)28)24(26(32)29-2)15-19-10-4-3-5-11-19/h3-14,24H,15-17H2,1-2H3,(H,29,32)/t24-/m1/s1. The summed E-state index contributed by atoms with van der Waals surface area (Å²) in [5.41, 5.74) is 3.56. The Hall–Kier alpha value is -2.82. The minimum atomic E-state index is -0.684. The quantitative estimate of drug-likeness (QED) is 0.491. The van der Waals surface area contributed by atoms with Crippen molar-refractivity contribution in [2.45, 2.75) is 32.4 Å². The van der Waals surface area contributed by atoms with Crippen LogP contribution < -0.4 is 5.32 Å². The van der Waals surface area contributed by atoms with E-state index in [1.54, 1.807) is 30.1 Å². The lowest BCUT2D eigenvalue weighted by molar-refractivity contribution is -0.140. The molecule has 0 aliphatic carbocycles. The minimum absolute atomic E-state index is 0.00662. The van der Waals surface area contributed by atoms with Gasteiger partial charge in [-0.15, -0.1) is 0 Å². The van der Waals surface area contributed by atoms with Crippen molar-refractivity contribution in [1.29, 1.82) is 0 Å². The second kappa shape index (κ2) is 11.2. The number of hydrogen-bond acceptors (Lipinski definition) is 2. The van der Waals surface area contributed by atoms with Gasteiger partial charge in [0, 0.05) is 30.1 Å². The first-order chi connectivity index (χ1) is 15.4. The van der Waals surface area contributed by atoms with E-state index >= 15 is 0 Å². The maximum atomic E-state index is 13.6. The summed E-state index contributed by atoms with van der Waals surface area (Å²) in [6.45, 7) is 2.30. The molecule has 1 N–H and O–H groups in total. The Morgan fingerprint density at radius 1 is 0.906 bits per heavy atom. The van der Waals surface area contributed by atoms with E-state index < -0.39 is 6.04 Å². The van der Waals surface area contributed by atoms with Gasteiger partial charge in [-0.3, -0.25) is 9.59 Å². The molecular formula is C26H26Cl2N2O2. The van der Waals surface area contributed by atoms with E-state index in [1.807, 2.05) is 61.5 Å². The van der Waals surface area contributed by atoms with Gasteiger partial charge in [0.15, 0.2) is 0 Å². The van der Waals surface area contributed by atoms with Crippen LogP contribution in [0.5, 0.6) is 0 Å². The summed E-state index contributed by atoms with van der Waals surface area (Å²) in [4.78, 5) is 28.2. The van der Waals surface area contributed by atoms with E-state index in [0.717, 1.165) is 16.7 Å². The molecule has 0 aliphatic heterocycles. The molecule has 0 saturated heterocycles. The van der Waals surface area contributed by atoms with Crippen LogP contribution in [0.3, 0.4) is 0 Å². The normalized spacial score (nSPS) is 11.6. The summed E-state index contributed by atoms with van der Waals surface area (Å²) < 4.78 is 0. The topological polar surface area (TPSA) is 49.4 Å². The number of amides is 2. The summed E-state index contributed by atoms with van der Waals surface area (Å²) in [5.74, 6) is -0.436. The molecule has 4 nitrogen and oxygen atoms in total. The fraction of sp³-hybridized carbons (Fsp3) is 0.231. The summed E-state index contributed by atoms with van der Waals surface area (Å²) >= 11 is 12.7. The molecule has 3 aromatic rings. The van der Waals surface area contributed by atoms with E-state index in [9.17, 15) is 9.59 Å². The molecule has 0 aliphatic rings. The second-order valence-corrected chi connectivity index (χ2v) is 8.46. The Morgan fingerprint density at radius 3 is 2.16 bits per heavy atom. The van der Waals surface area contributed by atoms with Gasteiger partial charge in [0.2, 0.25) is 11.8 Å². The van der Waals surface area contributed by atoms with Crippen LogP contribution >= 0.6 is 23.2 Å². The first kappa shape index (κ1) is 23.8. The summed E-state index contributed by atoms with van der Waals surface area (Å²) in [7, 11) is 1.59. The number of likely N-dealkylation sites (N-methyl/N-ethyl adjacent to an activating group) is 1. The Morgan fingerprint density at radius 2 is 1.53 bits per heavy atom. The first-order valence-corrected chi connectivity index (χ1v) is 11.2. The Bertz CT molecular complexity index is 1070. The van der Waals surface area contributed by atoms with Crippen LogP contribution in [0.15, 0.2) is 72.8 Å². The maximum absolute atomic E-state index is 13.6. The number of rotatable bonds is 8. The van der Waals surface area contributed by atoms with Gasteiger partial charge in [-0.2, -0.15) is 0 Å². The van der Waals surface area contributed by atoms with Crippen molar-refractivity contribution in [2.24, 2.45) is 0 Å². The lowest BCUT2D eigenvalue weighted by Crippen LogP contribution is -2.50.